The molecule has 36 heavy (non-hydrogen) atoms. The third kappa shape index (κ3) is 6.33. The SMILES string of the molecule is Clc1cccc(Cl)c1NC1=NCCN1.OC(Cn1cncn1)(Cn1cncn1)c1ccc(F)cc1F. The predicted octanol–water partition coefficient (Wildman–Crippen LogP) is 3.10. The van der Waals surface area contributed by atoms with Gasteiger partial charge < -0.3 is 15.7 Å². The highest BCUT2D eigenvalue weighted by molar-refractivity contribution is 6.39. The number of aliphatic hydroxyl groups is 1. The average Bonchev–Trinajstić information content (AvgIpc) is 3.61. The van der Waals surface area contributed by atoms with Gasteiger partial charge in [0, 0.05) is 18.2 Å². The first-order chi connectivity index (χ1) is 17.3. The zero-order valence-corrected chi connectivity index (χ0v) is 20.2. The van der Waals surface area contributed by atoms with Gasteiger partial charge in [-0.25, -0.2) is 28.1 Å². The van der Waals surface area contributed by atoms with E-state index in [9.17, 15) is 13.9 Å². The van der Waals surface area contributed by atoms with Gasteiger partial charge in [0.25, 0.3) is 0 Å². The molecule has 0 unspecified atom stereocenters. The third-order valence-corrected chi connectivity index (χ3v) is 5.72. The monoisotopic (exact) mass is 535 g/mol. The van der Waals surface area contributed by atoms with Crippen LogP contribution in [-0.2, 0) is 18.7 Å². The summed E-state index contributed by atoms with van der Waals surface area (Å²) < 4.78 is 29.9. The Hall–Kier alpha value is -3.61. The van der Waals surface area contributed by atoms with Crippen LogP contribution in [0.25, 0.3) is 0 Å². The molecule has 0 aliphatic carbocycles. The smallest absolute Gasteiger partial charge is 0.196 e. The zero-order valence-electron chi connectivity index (χ0n) is 18.7. The van der Waals surface area contributed by atoms with Crippen LogP contribution in [0.3, 0.4) is 0 Å². The van der Waals surface area contributed by atoms with Crippen molar-refractivity contribution in [2.24, 2.45) is 4.99 Å². The summed E-state index contributed by atoms with van der Waals surface area (Å²) in [6.45, 7) is 1.49. The Morgan fingerprint density at radius 1 is 1.00 bits per heavy atom. The number of guanidine groups is 1. The molecule has 0 spiro atoms. The standard InChI is InChI=1S/C13H12F2N6O.C9H9Cl2N3/c14-10-1-2-11(12(15)3-10)13(22,4-20-8-16-6-18-20)5-21-9-17-7-19-21;10-6-2-1-3-7(11)8(6)14-9-12-4-5-13-9/h1-3,6-9,22H,4-5H2;1-3H,4-5H2,(H2,12,13,14). The van der Waals surface area contributed by atoms with E-state index in [0.717, 1.165) is 31.2 Å². The van der Waals surface area contributed by atoms with Crippen molar-refractivity contribution in [1.82, 2.24) is 34.8 Å². The fourth-order valence-electron chi connectivity index (χ4n) is 3.47. The highest BCUT2D eigenvalue weighted by atomic mass is 35.5. The molecule has 10 nitrogen and oxygen atoms in total. The van der Waals surface area contributed by atoms with Crippen molar-refractivity contribution in [3.63, 3.8) is 0 Å². The molecule has 0 bridgehead atoms. The molecule has 0 radical (unpaired) electrons. The first kappa shape index (κ1) is 25.5. The van der Waals surface area contributed by atoms with Crippen molar-refractivity contribution in [3.8, 4) is 0 Å². The van der Waals surface area contributed by atoms with Gasteiger partial charge in [0.2, 0.25) is 0 Å². The van der Waals surface area contributed by atoms with E-state index in [4.69, 9.17) is 23.2 Å². The number of halogens is 4. The van der Waals surface area contributed by atoms with Crippen LogP contribution < -0.4 is 10.6 Å². The minimum atomic E-state index is -1.70. The summed E-state index contributed by atoms with van der Waals surface area (Å²) in [6, 6.07) is 8.39. The number of hydrogen-bond acceptors (Lipinski definition) is 8. The molecule has 0 fully saturated rings. The molecule has 3 heterocycles. The normalized spacial score (nSPS) is 13.0. The highest BCUT2D eigenvalue weighted by Gasteiger charge is 2.34. The lowest BCUT2D eigenvalue weighted by molar-refractivity contribution is -0.00855. The van der Waals surface area contributed by atoms with Crippen LogP contribution in [0.4, 0.5) is 14.5 Å². The minimum absolute atomic E-state index is 0.0556. The number of benzene rings is 2. The van der Waals surface area contributed by atoms with Crippen molar-refractivity contribution in [2.75, 3.05) is 18.4 Å². The fraction of sp³-hybridized carbons (Fsp3) is 0.227. The van der Waals surface area contributed by atoms with Gasteiger partial charge in [-0.15, -0.1) is 0 Å². The van der Waals surface area contributed by atoms with Crippen molar-refractivity contribution in [2.45, 2.75) is 18.7 Å². The van der Waals surface area contributed by atoms with Gasteiger partial charge in [-0.2, -0.15) is 10.2 Å². The van der Waals surface area contributed by atoms with Crippen LogP contribution >= 0.6 is 23.2 Å². The van der Waals surface area contributed by atoms with Crippen LogP contribution in [0.5, 0.6) is 0 Å². The van der Waals surface area contributed by atoms with Crippen LogP contribution in [0.15, 0.2) is 66.7 Å². The van der Waals surface area contributed by atoms with Gasteiger partial charge in [0.1, 0.15) is 42.5 Å². The summed E-state index contributed by atoms with van der Waals surface area (Å²) in [7, 11) is 0. The van der Waals surface area contributed by atoms with E-state index in [1.54, 1.807) is 18.2 Å². The maximum atomic E-state index is 14.1. The zero-order chi connectivity index (χ0) is 25.5. The first-order valence-electron chi connectivity index (χ1n) is 10.7. The molecule has 0 amide bonds. The number of anilines is 1. The topological polar surface area (TPSA) is 118 Å². The number of aromatic nitrogens is 6. The fourth-order valence-corrected chi connectivity index (χ4v) is 3.96. The van der Waals surface area contributed by atoms with Gasteiger partial charge in [-0.1, -0.05) is 35.3 Å². The van der Waals surface area contributed by atoms with Crippen LogP contribution in [0.2, 0.25) is 10.0 Å². The van der Waals surface area contributed by atoms with Crippen molar-refractivity contribution >= 4 is 34.8 Å². The number of aliphatic imine (C=N–C) groups is 1. The van der Waals surface area contributed by atoms with Crippen LogP contribution in [0, 0.1) is 11.6 Å². The van der Waals surface area contributed by atoms with Crippen LogP contribution in [0.1, 0.15) is 5.56 Å². The molecule has 188 valence electrons. The maximum Gasteiger partial charge on any atom is 0.196 e. The lowest BCUT2D eigenvalue weighted by Gasteiger charge is -2.28. The third-order valence-electron chi connectivity index (χ3n) is 5.09. The van der Waals surface area contributed by atoms with E-state index < -0.39 is 17.2 Å². The van der Waals surface area contributed by atoms with Gasteiger partial charge in [-0.05, 0) is 18.2 Å². The number of rotatable bonds is 6. The Morgan fingerprint density at radius 3 is 2.14 bits per heavy atom. The number of nitrogens with zero attached hydrogens (tertiary/aromatic N) is 7. The summed E-state index contributed by atoms with van der Waals surface area (Å²) in [5.74, 6) is -0.840. The summed E-state index contributed by atoms with van der Waals surface area (Å²) in [6.07, 6.45) is 5.40. The van der Waals surface area contributed by atoms with Crippen molar-refractivity contribution in [3.05, 3.63) is 89.0 Å². The minimum Gasteiger partial charge on any atom is -0.381 e. The molecule has 1 aliphatic heterocycles. The molecule has 0 saturated carbocycles. The quantitative estimate of drug-likeness (QED) is 0.347. The molecule has 2 aromatic carbocycles. The second-order valence-corrected chi connectivity index (χ2v) is 8.54. The number of nitrogens with one attached hydrogen (secondary N) is 2. The molecular formula is C22H21Cl2F2N9O. The van der Waals surface area contributed by atoms with E-state index in [1.807, 2.05) is 0 Å². The van der Waals surface area contributed by atoms with E-state index >= 15 is 0 Å². The molecule has 0 saturated heterocycles. The predicted molar refractivity (Wildman–Crippen MR) is 131 cm³/mol. The molecule has 5 rings (SSSR count). The van der Waals surface area contributed by atoms with Crippen molar-refractivity contribution < 1.29 is 13.9 Å². The Morgan fingerprint density at radius 2 is 1.64 bits per heavy atom. The molecule has 4 aromatic rings. The second kappa shape index (κ2) is 11.4. The van der Waals surface area contributed by atoms with E-state index in [0.29, 0.717) is 15.7 Å². The lowest BCUT2D eigenvalue weighted by Crippen LogP contribution is -2.37. The van der Waals surface area contributed by atoms with Gasteiger partial charge in [0.05, 0.1) is 35.4 Å². The Balaban J connectivity index is 0.000000187. The Kier molecular flexibility index (Phi) is 8.08. The first-order valence-corrected chi connectivity index (χ1v) is 11.4. The molecule has 14 heteroatoms. The molecule has 1 aliphatic rings. The van der Waals surface area contributed by atoms with Gasteiger partial charge >= 0.3 is 0 Å². The summed E-state index contributed by atoms with van der Waals surface area (Å²) in [5, 5.41) is 26.1. The van der Waals surface area contributed by atoms with E-state index in [1.165, 1.54) is 40.7 Å². The average molecular weight is 536 g/mol. The lowest BCUT2D eigenvalue weighted by atomic mass is 9.93. The highest BCUT2D eigenvalue weighted by Crippen LogP contribution is 2.30. The van der Waals surface area contributed by atoms with Crippen molar-refractivity contribution in [1.29, 1.82) is 0 Å². The summed E-state index contributed by atoms with van der Waals surface area (Å²) in [5.41, 5.74) is -1.05. The van der Waals surface area contributed by atoms with Crippen LogP contribution in [-0.4, -0.2) is 53.7 Å². The summed E-state index contributed by atoms with van der Waals surface area (Å²) >= 11 is 12.0. The maximum absolute atomic E-state index is 14.1. The van der Waals surface area contributed by atoms with E-state index in [2.05, 4.69) is 35.8 Å². The Labute approximate surface area is 214 Å². The Bertz CT molecular complexity index is 1260. The molecule has 3 N–H and O–H groups in total. The van der Waals surface area contributed by atoms with Gasteiger partial charge in [-0.3, -0.25) is 4.99 Å². The van der Waals surface area contributed by atoms with E-state index in [-0.39, 0.29) is 18.7 Å². The number of hydrogen-bond donors (Lipinski definition) is 3. The second-order valence-electron chi connectivity index (χ2n) is 7.72. The van der Waals surface area contributed by atoms with Gasteiger partial charge in [0.15, 0.2) is 5.96 Å². The molecule has 0 atom stereocenters. The molecule has 2 aromatic heterocycles. The molecular weight excluding hydrogens is 515 g/mol. The summed E-state index contributed by atoms with van der Waals surface area (Å²) in [4.78, 5) is 11.8. The number of para-hydroxylation sites is 1. The largest absolute Gasteiger partial charge is 0.381 e.